The summed E-state index contributed by atoms with van der Waals surface area (Å²) in [7, 11) is 4.22. The molecule has 0 spiro atoms. The molecule has 0 N–H and O–H groups in total. The molecule has 0 aliphatic rings. The predicted molar refractivity (Wildman–Crippen MR) is 106 cm³/mol. The molecule has 0 saturated heterocycles. The van der Waals surface area contributed by atoms with Crippen molar-refractivity contribution >= 4 is 17.4 Å². The maximum atomic E-state index is 4.68. The van der Waals surface area contributed by atoms with Crippen LogP contribution in [0.1, 0.15) is 50.7 Å². The molecule has 0 amide bonds. The third-order valence-corrected chi connectivity index (χ3v) is 5.55. The summed E-state index contributed by atoms with van der Waals surface area (Å²) in [5, 5.41) is 10.0. The van der Waals surface area contributed by atoms with E-state index in [1.54, 1.807) is 11.8 Å². The first-order valence-electron chi connectivity index (χ1n) is 9.29. The zero-order chi connectivity index (χ0) is 18.5. The van der Waals surface area contributed by atoms with Crippen LogP contribution in [0.15, 0.2) is 35.7 Å². The lowest BCUT2D eigenvalue weighted by Crippen LogP contribution is -2.23. The molecule has 0 aliphatic carbocycles. The Morgan fingerprint density at radius 2 is 2.04 bits per heavy atom. The van der Waals surface area contributed by atoms with Gasteiger partial charge in [0.05, 0.1) is 11.7 Å². The van der Waals surface area contributed by atoms with Crippen LogP contribution in [-0.4, -0.2) is 43.1 Å². The van der Waals surface area contributed by atoms with Gasteiger partial charge in [0.25, 0.3) is 0 Å². The van der Waals surface area contributed by atoms with E-state index in [9.17, 15) is 0 Å². The summed E-state index contributed by atoms with van der Waals surface area (Å²) in [6.07, 6.45) is 7.43. The van der Waals surface area contributed by atoms with Crippen molar-refractivity contribution in [1.29, 1.82) is 0 Å². The predicted octanol–water partition coefficient (Wildman–Crippen LogP) is 4.03. The molecular formula is C19H28N6S. The van der Waals surface area contributed by atoms with Crippen molar-refractivity contribution in [3.8, 4) is 0 Å². The second kappa shape index (κ2) is 8.68. The Balaban J connectivity index is 1.80. The summed E-state index contributed by atoms with van der Waals surface area (Å²) in [4.78, 5) is 6.91. The van der Waals surface area contributed by atoms with Crippen LogP contribution in [0.2, 0.25) is 0 Å². The van der Waals surface area contributed by atoms with Gasteiger partial charge in [-0.15, -0.1) is 10.2 Å². The third-order valence-electron chi connectivity index (χ3n) is 4.55. The fourth-order valence-electron chi connectivity index (χ4n) is 3.15. The van der Waals surface area contributed by atoms with E-state index in [2.05, 4.69) is 63.2 Å². The van der Waals surface area contributed by atoms with Crippen LogP contribution < -0.4 is 0 Å². The van der Waals surface area contributed by atoms with Gasteiger partial charge in [0, 0.05) is 24.7 Å². The Kier molecular flexibility index (Phi) is 6.32. The van der Waals surface area contributed by atoms with Crippen LogP contribution >= 0.6 is 11.8 Å². The second-order valence-electron chi connectivity index (χ2n) is 6.72. The molecule has 6 nitrogen and oxygen atoms in total. The van der Waals surface area contributed by atoms with E-state index in [-0.39, 0.29) is 0 Å². The van der Waals surface area contributed by atoms with E-state index in [0.717, 1.165) is 53.9 Å². The smallest absolute Gasteiger partial charge is 0.191 e. The van der Waals surface area contributed by atoms with Gasteiger partial charge < -0.3 is 8.97 Å². The van der Waals surface area contributed by atoms with Crippen LogP contribution in [-0.2, 0) is 12.3 Å². The zero-order valence-corrected chi connectivity index (χ0v) is 16.9. The van der Waals surface area contributed by atoms with Crippen LogP contribution in [0.25, 0.3) is 5.65 Å². The SMILES string of the molecule is CCCCn1c(SCc2cn3ccccc3n2)nnc1C(CC)N(C)C. The second-order valence-corrected chi connectivity index (χ2v) is 7.66. The topological polar surface area (TPSA) is 51.3 Å². The summed E-state index contributed by atoms with van der Waals surface area (Å²) >= 11 is 1.72. The van der Waals surface area contributed by atoms with Gasteiger partial charge in [0.2, 0.25) is 0 Å². The zero-order valence-electron chi connectivity index (χ0n) is 16.1. The quantitative estimate of drug-likeness (QED) is 0.531. The molecule has 3 aromatic rings. The van der Waals surface area contributed by atoms with E-state index in [1.165, 1.54) is 0 Å². The molecule has 1 atom stereocenters. The van der Waals surface area contributed by atoms with Crippen molar-refractivity contribution in [2.24, 2.45) is 0 Å². The van der Waals surface area contributed by atoms with Crippen molar-refractivity contribution in [3.63, 3.8) is 0 Å². The molecule has 0 radical (unpaired) electrons. The van der Waals surface area contributed by atoms with Gasteiger partial charge in [0.15, 0.2) is 11.0 Å². The van der Waals surface area contributed by atoms with E-state index in [1.807, 2.05) is 24.4 Å². The van der Waals surface area contributed by atoms with Crippen molar-refractivity contribution < 1.29 is 0 Å². The van der Waals surface area contributed by atoms with Crippen LogP contribution in [0.3, 0.4) is 0 Å². The highest BCUT2D eigenvalue weighted by molar-refractivity contribution is 7.98. The number of rotatable bonds is 9. The normalized spacial score (nSPS) is 13.0. The van der Waals surface area contributed by atoms with Crippen molar-refractivity contribution in [1.82, 2.24) is 29.0 Å². The van der Waals surface area contributed by atoms with Crippen molar-refractivity contribution in [3.05, 3.63) is 42.1 Å². The highest BCUT2D eigenvalue weighted by atomic mass is 32.2. The van der Waals surface area contributed by atoms with E-state index in [4.69, 9.17) is 0 Å². The molecule has 3 rings (SSSR count). The number of nitrogens with zero attached hydrogens (tertiary/aromatic N) is 6. The van der Waals surface area contributed by atoms with E-state index < -0.39 is 0 Å². The van der Waals surface area contributed by atoms with Crippen LogP contribution in [0, 0.1) is 0 Å². The average molecular weight is 373 g/mol. The van der Waals surface area contributed by atoms with Gasteiger partial charge in [-0.25, -0.2) is 4.98 Å². The summed E-state index contributed by atoms with van der Waals surface area (Å²) in [6.45, 7) is 5.39. The minimum Gasteiger partial charge on any atom is -0.307 e. The van der Waals surface area contributed by atoms with Gasteiger partial charge in [0.1, 0.15) is 5.65 Å². The Bertz CT molecular complexity index is 805. The highest BCUT2D eigenvalue weighted by Crippen LogP contribution is 2.27. The number of aromatic nitrogens is 5. The highest BCUT2D eigenvalue weighted by Gasteiger charge is 2.21. The molecular weight excluding hydrogens is 344 g/mol. The molecule has 26 heavy (non-hydrogen) atoms. The number of fused-ring (bicyclic) bond motifs is 1. The molecule has 3 heterocycles. The van der Waals surface area contributed by atoms with E-state index in [0.29, 0.717) is 6.04 Å². The Hall–Kier alpha value is -1.86. The maximum absolute atomic E-state index is 4.68. The monoisotopic (exact) mass is 372 g/mol. The first-order chi connectivity index (χ1) is 12.6. The number of unbranched alkanes of at least 4 members (excludes halogenated alkanes) is 1. The molecule has 0 aliphatic heterocycles. The molecule has 0 aromatic carbocycles. The summed E-state index contributed by atoms with van der Waals surface area (Å²) in [6, 6.07) is 6.35. The third kappa shape index (κ3) is 4.10. The number of thioether (sulfide) groups is 1. The molecule has 1 unspecified atom stereocenters. The van der Waals surface area contributed by atoms with Crippen LogP contribution in [0.5, 0.6) is 0 Å². The first-order valence-corrected chi connectivity index (χ1v) is 10.3. The lowest BCUT2D eigenvalue weighted by molar-refractivity contribution is 0.270. The maximum Gasteiger partial charge on any atom is 0.191 e. The van der Waals surface area contributed by atoms with Crippen molar-refractivity contribution in [2.45, 2.75) is 56.6 Å². The van der Waals surface area contributed by atoms with E-state index >= 15 is 0 Å². The minimum atomic E-state index is 0.295. The largest absolute Gasteiger partial charge is 0.307 e. The Morgan fingerprint density at radius 3 is 2.73 bits per heavy atom. The number of imidazole rings is 1. The van der Waals surface area contributed by atoms with Gasteiger partial charge in [-0.1, -0.05) is 38.1 Å². The van der Waals surface area contributed by atoms with Gasteiger partial charge >= 0.3 is 0 Å². The Morgan fingerprint density at radius 1 is 1.19 bits per heavy atom. The minimum absolute atomic E-state index is 0.295. The summed E-state index contributed by atoms with van der Waals surface area (Å²) in [5.74, 6) is 1.87. The summed E-state index contributed by atoms with van der Waals surface area (Å²) < 4.78 is 4.36. The fraction of sp³-hybridized carbons (Fsp3) is 0.526. The lowest BCUT2D eigenvalue weighted by Gasteiger charge is -2.23. The average Bonchev–Trinajstić information content (AvgIpc) is 3.22. The molecule has 0 fully saturated rings. The molecule has 140 valence electrons. The lowest BCUT2D eigenvalue weighted by atomic mass is 10.2. The van der Waals surface area contributed by atoms with Gasteiger partial charge in [-0.05, 0) is 39.1 Å². The van der Waals surface area contributed by atoms with Gasteiger partial charge in [-0.3, -0.25) is 4.90 Å². The molecule has 7 heteroatoms. The first kappa shape index (κ1) is 18.9. The Labute approximate surface area is 159 Å². The number of hydrogen-bond acceptors (Lipinski definition) is 5. The van der Waals surface area contributed by atoms with Gasteiger partial charge in [-0.2, -0.15) is 0 Å². The molecule has 0 saturated carbocycles. The standard InChI is InChI=1S/C19H28N6S/c1-5-7-12-25-18(16(6-2)23(3)4)21-22-19(25)26-14-15-13-24-11-9-8-10-17(24)20-15/h8-11,13,16H,5-7,12,14H2,1-4H3. The van der Waals surface area contributed by atoms with Crippen molar-refractivity contribution in [2.75, 3.05) is 14.1 Å². The number of hydrogen-bond donors (Lipinski definition) is 0. The molecule has 0 bridgehead atoms. The molecule has 3 aromatic heterocycles. The number of pyridine rings is 1. The fourth-order valence-corrected chi connectivity index (χ4v) is 4.01. The van der Waals surface area contributed by atoms with Crippen LogP contribution in [0.4, 0.5) is 0 Å². The summed E-state index contributed by atoms with van der Waals surface area (Å²) in [5.41, 5.74) is 2.04.